The van der Waals surface area contributed by atoms with Gasteiger partial charge in [-0.1, -0.05) is 52.0 Å². The molecule has 0 bridgehead atoms. The first-order chi connectivity index (χ1) is 36.0. The average Bonchev–Trinajstić information content (AvgIpc) is 3.35. The third kappa shape index (κ3) is 16.9. The number of ether oxygens (including phenoxy) is 8. The van der Waals surface area contributed by atoms with E-state index in [1.807, 2.05) is 57.4 Å². The van der Waals surface area contributed by atoms with E-state index in [-0.39, 0.29) is 63.1 Å². The largest absolute Gasteiger partial charge is 0.459 e. The minimum Gasteiger partial charge on any atom is -0.459 e. The van der Waals surface area contributed by atoms with Crippen LogP contribution in [0.25, 0.3) is 10.9 Å². The molecule has 76 heavy (non-hydrogen) atoms. The van der Waals surface area contributed by atoms with E-state index in [1.165, 1.54) is 14.0 Å². The summed E-state index contributed by atoms with van der Waals surface area (Å²) in [4.78, 5) is 73.8. The molecule has 1 aromatic carbocycles. The van der Waals surface area contributed by atoms with Crippen LogP contribution in [0.4, 0.5) is 0 Å². The number of aliphatic hydroxyl groups excluding tert-OH is 2. The predicted molar refractivity (Wildman–Crippen MR) is 281 cm³/mol. The van der Waals surface area contributed by atoms with Crippen LogP contribution in [-0.4, -0.2) is 186 Å². The highest BCUT2D eigenvalue weighted by atomic mass is 16.7. The number of rotatable bonds is 18. The fourth-order valence-corrected chi connectivity index (χ4v) is 11.3. The lowest BCUT2D eigenvalue weighted by atomic mass is 9.81. The Bertz CT molecular complexity index is 2220. The normalized spacial score (nSPS) is 35.6. The highest BCUT2D eigenvalue weighted by Crippen LogP contribution is 2.38. The summed E-state index contributed by atoms with van der Waals surface area (Å²) in [7, 11) is 6.82. The smallest absolute Gasteiger partial charge is 0.305 e. The van der Waals surface area contributed by atoms with Crippen LogP contribution in [0.3, 0.4) is 0 Å². The van der Waals surface area contributed by atoms with Gasteiger partial charge >= 0.3 is 17.9 Å². The molecular formula is C57H87N3O16. The zero-order chi connectivity index (χ0) is 56.0. The van der Waals surface area contributed by atoms with E-state index in [1.54, 1.807) is 59.7 Å². The summed E-state index contributed by atoms with van der Waals surface area (Å²) in [5.74, 6) is -3.52. The molecule has 0 saturated carbocycles. The van der Waals surface area contributed by atoms with Crippen molar-refractivity contribution in [2.75, 3.05) is 34.8 Å². The van der Waals surface area contributed by atoms with Crippen molar-refractivity contribution in [2.45, 2.75) is 211 Å². The van der Waals surface area contributed by atoms with Crippen molar-refractivity contribution >= 4 is 40.9 Å². The molecule has 18 atom stereocenters. The van der Waals surface area contributed by atoms with Crippen molar-refractivity contribution < 1.29 is 77.2 Å². The van der Waals surface area contributed by atoms with Gasteiger partial charge < -0.3 is 62.9 Å². The molecule has 3 N–H and O–H groups in total. The second-order valence-corrected chi connectivity index (χ2v) is 21.8. The molecule has 0 radical (unpaired) electrons. The third-order valence-electron chi connectivity index (χ3n) is 15.2. The summed E-state index contributed by atoms with van der Waals surface area (Å²) in [5.41, 5.74) is 0.553. The number of aryl methyl sites for hydroxylation is 1. The van der Waals surface area contributed by atoms with E-state index >= 15 is 0 Å². The van der Waals surface area contributed by atoms with Gasteiger partial charge in [0, 0.05) is 64.1 Å². The van der Waals surface area contributed by atoms with Crippen LogP contribution < -0.4 is 0 Å². The maximum atomic E-state index is 14.2. The minimum atomic E-state index is -1.52. The molecule has 1 aromatic heterocycles. The van der Waals surface area contributed by atoms with Crippen LogP contribution in [0.1, 0.15) is 119 Å². The van der Waals surface area contributed by atoms with Crippen molar-refractivity contribution in [2.24, 2.45) is 17.8 Å². The number of esters is 3. The SMILES string of the molecule is CCC(=O)O[C@@H]1CC(=O)C[C@H](C)C[C@H](O)[C@H](N(C)CCCc2ccnc3ccccc23)/C=C/[C@H](OC(C)=O)[C@H](C)C[C@H](CC=O)C(O[C@@H]2O[C@H](C)[C@@H](OC3CC(C)(O)[C@@H](OC(=O)CC)[C@H](C)O3)C(N(C)C)C2O)[C@H]1OC. The van der Waals surface area contributed by atoms with Crippen molar-refractivity contribution in [3.8, 4) is 0 Å². The van der Waals surface area contributed by atoms with Gasteiger partial charge in [0.1, 0.15) is 48.2 Å². The standard InChI is InChI=1S/C57H87N3O16/c1-13-47(65)73-46-31-40(63)28-33(3)29-44(64)43(60(11)26-17-18-38-23-25-58-42-20-16-15-19-41(38)42)21-22-45(72-37(7)62)34(4)30-39(24-27-61)53(54(46)69-12)76-56-51(67)50(59(9)10)52(35(5)71-56)75-49-32-57(8,68)55(36(6)70-49)74-48(66)14-2/h15-16,19-23,25,27,33-36,39,43-46,49-56,64,67-68H,13-14,17-18,24,26,28-32H2,1-12H3/b22-21+/t33-,34+,35+,36-,39-,43+,44-,45-,46+,49?,50?,51?,52+,53?,54-,55-,56-,57?/m0/s1. The summed E-state index contributed by atoms with van der Waals surface area (Å²) in [5, 5.41) is 37.0. The van der Waals surface area contributed by atoms with Gasteiger partial charge in [0.25, 0.3) is 0 Å². The Labute approximate surface area is 449 Å². The van der Waals surface area contributed by atoms with Gasteiger partial charge in [0.15, 0.2) is 18.7 Å². The molecule has 5 unspecified atom stereocenters. The number of carbonyl (C=O) groups excluding carboxylic acids is 5. The zero-order valence-electron chi connectivity index (χ0n) is 46.8. The number of ketones is 1. The number of methoxy groups -OCH3 is 1. The second kappa shape index (κ2) is 29.1. The molecular weight excluding hydrogens is 983 g/mol. The Morgan fingerprint density at radius 1 is 0.882 bits per heavy atom. The lowest BCUT2D eigenvalue weighted by Crippen LogP contribution is -2.66. The maximum absolute atomic E-state index is 14.2. The summed E-state index contributed by atoms with van der Waals surface area (Å²) < 4.78 is 49.9. The Morgan fingerprint density at radius 2 is 1.58 bits per heavy atom. The lowest BCUT2D eigenvalue weighted by Gasteiger charge is -2.50. The molecule has 2 fully saturated rings. The molecule has 3 heterocycles. The molecule has 19 nitrogen and oxygen atoms in total. The van der Waals surface area contributed by atoms with Crippen LogP contribution in [0.5, 0.6) is 0 Å². The number of hydrogen-bond donors (Lipinski definition) is 3. The molecule has 0 spiro atoms. The van der Waals surface area contributed by atoms with Gasteiger partial charge in [-0.2, -0.15) is 0 Å². The molecule has 426 valence electrons. The number of aldehydes is 1. The summed E-state index contributed by atoms with van der Waals surface area (Å²) in [6.45, 7) is 13.9. The lowest BCUT2D eigenvalue weighted by molar-refractivity contribution is -0.344. The van der Waals surface area contributed by atoms with Gasteiger partial charge in [-0.05, 0) is 116 Å². The first-order valence-electron chi connectivity index (χ1n) is 27.1. The quantitative estimate of drug-likeness (QED) is 0.0744. The molecule has 2 aromatic rings. The number of hydrogen-bond acceptors (Lipinski definition) is 19. The summed E-state index contributed by atoms with van der Waals surface area (Å²) >= 11 is 0. The number of likely N-dealkylation sites (N-methyl/N-ethyl adjacent to an activating group) is 2. The molecule has 2 saturated heterocycles. The van der Waals surface area contributed by atoms with E-state index in [9.17, 15) is 39.3 Å². The van der Waals surface area contributed by atoms with Gasteiger partial charge in [-0.15, -0.1) is 0 Å². The Kier molecular flexibility index (Phi) is 23.9. The monoisotopic (exact) mass is 1070 g/mol. The number of pyridine rings is 1. The highest BCUT2D eigenvalue weighted by molar-refractivity contribution is 5.82. The maximum Gasteiger partial charge on any atom is 0.305 e. The number of aromatic nitrogens is 1. The van der Waals surface area contributed by atoms with E-state index in [0.717, 1.165) is 35.6 Å². The number of Topliss-reactive ketones (excluding diaryl/α,β-unsaturated/α-hetero) is 1. The molecule has 5 rings (SSSR count). The Balaban J connectivity index is 1.49. The number of nitrogens with zero attached hydrogens (tertiary/aromatic N) is 3. The summed E-state index contributed by atoms with van der Waals surface area (Å²) in [6.07, 6.45) is -4.96. The van der Waals surface area contributed by atoms with Crippen LogP contribution in [0.15, 0.2) is 48.7 Å². The molecule has 2 aliphatic heterocycles. The number of carbonyl (C=O) groups is 5. The van der Waals surface area contributed by atoms with Crippen LogP contribution in [0, 0.1) is 17.8 Å². The van der Waals surface area contributed by atoms with Crippen LogP contribution in [-0.2, 0) is 68.3 Å². The second-order valence-electron chi connectivity index (χ2n) is 21.8. The predicted octanol–water partition coefficient (Wildman–Crippen LogP) is 5.29. The highest BCUT2D eigenvalue weighted by Gasteiger charge is 2.53. The topological polar surface area (TPSA) is 239 Å². The van der Waals surface area contributed by atoms with Crippen LogP contribution in [0.2, 0.25) is 0 Å². The Hall–Kier alpha value is -4.28. The van der Waals surface area contributed by atoms with Gasteiger partial charge in [0.05, 0.1) is 42.0 Å². The first kappa shape index (κ1) is 62.6. The van der Waals surface area contributed by atoms with Crippen LogP contribution >= 0.6 is 0 Å². The average molecular weight is 1070 g/mol. The van der Waals surface area contributed by atoms with Crippen molar-refractivity contribution in [1.29, 1.82) is 0 Å². The van der Waals surface area contributed by atoms with E-state index in [0.29, 0.717) is 6.54 Å². The van der Waals surface area contributed by atoms with Gasteiger partial charge in [-0.25, -0.2) is 0 Å². The zero-order valence-corrected chi connectivity index (χ0v) is 46.8. The van der Waals surface area contributed by atoms with Crippen molar-refractivity contribution in [1.82, 2.24) is 14.8 Å². The molecule has 0 amide bonds. The number of aliphatic hydroxyl groups is 3. The van der Waals surface area contributed by atoms with Crippen molar-refractivity contribution in [3.63, 3.8) is 0 Å². The third-order valence-corrected chi connectivity index (χ3v) is 15.2. The number of fused-ring (bicyclic) bond motifs is 1. The number of para-hydroxylation sites is 1. The van der Waals surface area contributed by atoms with E-state index < -0.39 is 121 Å². The minimum absolute atomic E-state index is 0.0220. The first-order valence-corrected chi connectivity index (χ1v) is 27.1. The van der Waals surface area contributed by atoms with Gasteiger partial charge in [0.2, 0.25) is 0 Å². The molecule has 1 aliphatic carbocycles. The fraction of sp³-hybridized carbons (Fsp3) is 0.719. The molecule has 3 aliphatic rings. The molecule has 19 heteroatoms. The van der Waals surface area contributed by atoms with Gasteiger partial charge in [-0.3, -0.25) is 29.1 Å². The number of benzene rings is 1. The van der Waals surface area contributed by atoms with E-state index in [2.05, 4.69) is 16.0 Å². The Morgan fingerprint density at radius 3 is 2.22 bits per heavy atom. The summed E-state index contributed by atoms with van der Waals surface area (Å²) in [6, 6.07) is 8.63. The van der Waals surface area contributed by atoms with Crippen molar-refractivity contribution in [3.05, 3.63) is 54.2 Å². The fourth-order valence-electron chi connectivity index (χ4n) is 11.3. The van der Waals surface area contributed by atoms with E-state index in [4.69, 9.17) is 37.9 Å².